The molecule has 1 N–H and O–H groups in total. The topological polar surface area (TPSA) is 35.6 Å². The quantitative estimate of drug-likeness (QED) is 0.525. The van der Waals surface area contributed by atoms with Gasteiger partial charge < -0.3 is 5.32 Å². The number of nitrogens with zero attached hydrogens (tertiary/aromatic N) is 2. The number of piperazine rings is 1. The fourth-order valence-electron chi connectivity index (χ4n) is 3.71. The van der Waals surface area contributed by atoms with Gasteiger partial charge in [-0.3, -0.25) is 14.6 Å². The molecule has 6 heteroatoms. The smallest absolute Gasteiger partial charge is 0.266 e. The Bertz CT molecular complexity index is 948. The lowest BCUT2D eigenvalue weighted by Gasteiger charge is -2.34. The SMILES string of the molecule is CSc1ccsc1C(=O)Nc1ccc(CN2CCN(Cc3ccccc3)CC2)cc1. The summed E-state index contributed by atoms with van der Waals surface area (Å²) in [6.45, 7) is 6.35. The van der Waals surface area contributed by atoms with Gasteiger partial charge in [0.1, 0.15) is 4.88 Å². The van der Waals surface area contributed by atoms with Crippen LogP contribution in [0.3, 0.4) is 0 Å². The molecular formula is C24H27N3OS2. The van der Waals surface area contributed by atoms with Gasteiger partial charge in [0.2, 0.25) is 0 Å². The number of hydrogen-bond donors (Lipinski definition) is 1. The zero-order chi connectivity index (χ0) is 20.8. The number of thiophene rings is 1. The third-order valence-corrected chi connectivity index (χ3v) is 7.21. The van der Waals surface area contributed by atoms with Crippen molar-refractivity contribution in [3.63, 3.8) is 0 Å². The summed E-state index contributed by atoms with van der Waals surface area (Å²) in [5, 5.41) is 4.98. The minimum atomic E-state index is -0.0309. The predicted molar refractivity (Wildman–Crippen MR) is 127 cm³/mol. The standard InChI is InChI=1S/C24H27N3OS2/c1-29-22-11-16-30-23(22)24(28)25-21-9-7-20(8-10-21)18-27-14-12-26(13-15-27)17-19-5-3-2-4-6-19/h2-11,16H,12-15,17-18H2,1H3,(H,25,28). The molecule has 0 aliphatic carbocycles. The number of anilines is 1. The van der Waals surface area contributed by atoms with Crippen LogP contribution in [-0.2, 0) is 13.1 Å². The first-order valence-corrected chi connectivity index (χ1v) is 12.3. The van der Waals surface area contributed by atoms with Crippen LogP contribution in [0, 0.1) is 0 Å². The van der Waals surface area contributed by atoms with E-state index in [0.29, 0.717) is 0 Å². The van der Waals surface area contributed by atoms with Crippen molar-refractivity contribution in [2.24, 2.45) is 0 Å². The number of amides is 1. The van der Waals surface area contributed by atoms with Crippen LogP contribution in [0.15, 0.2) is 70.9 Å². The Labute approximate surface area is 186 Å². The van der Waals surface area contributed by atoms with Gasteiger partial charge in [-0.15, -0.1) is 23.1 Å². The highest BCUT2D eigenvalue weighted by atomic mass is 32.2. The van der Waals surface area contributed by atoms with Crippen LogP contribution < -0.4 is 5.32 Å². The molecule has 4 rings (SSSR count). The van der Waals surface area contributed by atoms with Crippen LogP contribution in [0.5, 0.6) is 0 Å². The Hall–Kier alpha value is -2.12. The average molecular weight is 438 g/mol. The fourth-order valence-corrected chi connectivity index (χ4v) is 5.36. The first kappa shape index (κ1) is 21.1. The van der Waals surface area contributed by atoms with Crippen LogP contribution in [-0.4, -0.2) is 48.1 Å². The van der Waals surface area contributed by atoms with Crippen molar-refractivity contribution >= 4 is 34.7 Å². The van der Waals surface area contributed by atoms with Gasteiger partial charge in [-0.2, -0.15) is 0 Å². The summed E-state index contributed by atoms with van der Waals surface area (Å²) >= 11 is 3.09. The number of rotatable bonds is 7. The summed E-state index contributed by atoms with van der Waals surface area (Å²) in [5.74, 6) is -0.0309. The lowest BCUT2D eigenvalue weighted by molar-refractivity contribution is 0.102. The van der Waals surface area contributed by atoms with Crippen molar-refractivity contribution in [3.05, 3.63) is 82.0 Å². The van der Waals surface area contributed by atoms with Crippen LogP contribution in [0.2, 0.25) is 0 Å². The van der Waals surface area contributed by atoms with Gasteiger partial charge in [0, 0.05) is 49.9 Å². The maximum Gasteiger partial charge on any atom is 0.266 e. The summed E-state index contributed by atoms with van der Waals surface area (Å²) in [7, 11) is 0. The lowest BCUT2D eigenvalue weighted by Crippen LogP contribution is -2.45. The Morgan fingerprint density at radius 1 is 0.900 bits per heavy atom. The van der Waals surface area contributed by atoms with E-state index in [1.165, 1.54) is 22.5 Å². The van der Waals surface area contributed by atoms with Crippen molar-refractivity contribution in [3.8, 4) is 0 Å². The minimum Gasteiger partial charge on any atom is -0.321 e. The first-order chi connectivity index (χ1) is 14.7. The largest absolute Gasteiger partial charge is 0.321 e. The van der Waals surface area contributed by atoms with E-state index in [9.17, 15) is 4.79 Å². The van der Waals surface area contributed by atoms with Gasteiger partial charge in [-0.25, -0.2) is 0 Å². The second-order valence-corrected chi connectivity index (χ2v) is 9.27. The molecule has 1 saturated heterocycles. The Morgan fingerprint density at radius 2 is 1.50 bits per heavy atom. The molecule has 0 radical (unpaired) electrons. The van der Waals surface area contributed by atoms with E-state index >= 15 is 0 Å². The molecule has 0 unspecified atom stereocenters. The summed E-state index contributed by atoms with van der Waals surface area (Å²) in [5.41, 5.74) is 3.51. The number of nitrogens with one attached hydrogen (secondary N) is 1. The van der Waals surface area contributed by atoms with Gasteiger partial charge in [-0.1, -0.05) is 42.5 Å². The molecule has 0 spiro atoms. The van der Waals surface area contributed by atoms with E-state index in [4.69, 9.17) is 0 Å². The second-order valence-electron chi connectivity index (χ2n) is 7.51. The predicted octanol–water partition coefficient (Wildman–Crippen LogP) is 5.04. The first-order valence-electron chi connectivity index (χ1n) is 10.2. The molecule has 1 aromatic heterocycles. The molecule has 1 aliphatic heterocycles. The second kappa shape index (κ2) is 10.3. The van der Waals surface area contributed by atoms with Crippen molar-refractivity contribution in [2.45, 2.75) is 18.0 Å². The van der Waals surface area contributed by atoms with Gasteiger partial charge in [0.25, 0.3) is 5.91 Å². The molecule has 2 aromatic carbocycles. The highest BCUT2D eigenvalue weighted by Gasteiger charge is 2.17. The molecule has 2 heterocycles. The molecule has 1 fully saturated rings. The van der Waals surface area contributed by atoms with Crippen LogP contribution in [0.1, 0.15) is 20.8 Å². The lowest BCUT2D eigenvalue weighted by atomic mass is 10.1. The van der Waals surface area contributed by atoms with Gasteiger partial charge >= 0.3 is 0 Å². The van der Waals surface area contributed by atoms with E-state index in [1.807, 2.05) is 29.8 Å². The number of carbonyl (C=O) groups excluding carboxylic acids is 1. The van der Waals surface area contributed by atoms with E-state index in [1.54, 1.807) is 11.8 Å². The van der Waals surface area contributed by atoms with Crippen LogP contribution >= 0.6 is 23.1 Å². The number of thioether (sulfide) groups is 1. The monoisotopic (exact) mass is 437 g/mol. The third kappa shape index (κ3) is 5.52. The zero-order valence-electron chi connectivity index (χ0n) is 17.2. The van der Waals surface area contributed by atoms with Gasteiger partial charge in [-0.05, 0) is 41.0 Å². The third-order valence-electron chi connectivity index (χ3n) is 5.39. The number of benzene rings is 2. The van der Waals surface area contributed by atoms with E-state index in [2.05, 4.69) is 57.6 Å². The molecule has 0 atom stereocenters. The van der Waals surface area contributed by atoms with Crippen molar-refractivity contribution in [2.75, 3.05) is 37.8 Å². The van der Waals surface area contributed by atoms with Crippen LogP contribution in [0.4, 0.5) is 5.69 Å². The molecule has 0 saturated carbocycles. The van der Waals surface area contributed by atoms with Gasteiger partial charge in [0.05, 0.1) is 0 Å². The van der Waals surface area contributed by atoms with E-state index in [-0.39, 0.29) is 5.91 Å². The summed E-state index contributed by atoms with van der Waals surface area (Å²) in [4.78, 5) is 19.3. The molecule has 30 heavy (non-hydrogen) atoms. The fraction of sp³-hybridized carbons (Fsp3) is 0.292. The molecule has 156 valence electrons. The number of hydrogen-bond acceptors (Lipinski definition) is 5. The average Bonchev–Trinajstić information content (AvgIpc) is 3.26. The van der Waals surface area contributed by atoms with Crippen molar-refractivity contribution < 1.29 is 4.79 Å². The van der Waals surface area contributed by atoms with E-state index < -0.39 is 0 Å². The summed E-state index contributed by atoms with van der Waals surface area (Å²) in [6, 6.07) is 20.9. The molecular weight excluding hydrogens is 410 g/mol. The molecule has 1 amide bonds. The zero-order valence-corrected chi connectivity index (χ0v) is 18.8. The molecule has 4 nitrogen and oxygen atoms in total. The Morgan fingerprint density at radius 3 is 2.10 bits per heavy atom. The summed E-state index contributed by atoms with van der Waals surface area (Å²) < 4.78 is 0. The minimum absolute atomic E-state index is 0.0309. The van der Waals surface area contributed by atoms with Crippen LogP contribution in [0.25, 0.3) is 0 Å². The van der Waals surface area contributed by atoms with Gasteiger partial charge in [0.15, 0.2) is 0 Å². The maximum atomic E-state index is 12.5. The molecule has 0 bridgehead atoms. The Kier molecular flexibility index (Phi) is 7.23. The number of carbonyl (C=O) groups is 1. The van der Waals surface area contributed by atoms with E-state index in [0.717, 1.165) is 54.7 Å². The normalized spacial score (nSPS) is 15.2. The highest BCUT2D eigenvalue weighted by molar-refractivity contribution is 7.98. The highest BCUT2D eigenvalue weighted by Crippen LogP contribution is 2.26. The Balaban J connectivity index is 1.25. The summed E-state index contributed by atoms with van der Waals surface area (Å²) in [6.07, 6.45) is 2.00. The maximum absolute atomic E-state index is 12.5. The van der Waals surface area contributed by atoms with Crippen molar-refractivity contribution in [1.29, 1.82) is 0 Å². The molecule has 3 aromatic rings. The van der Waals surface area contributed by atoms with Crippen molar-refractivity contribution in [1.82, 2.24) is 9.80 Å². The molecule has 1 aliphatic rings.